The monoisotopic (exact) mass is 290 g/mol. The highest BCUT2D eigenvalue weighted by Gasteiger charge is 2.14. The minimum Gasteiger partial charge on any atom is -0.378 e. The lowest BCUT2D eigenvalue weighted by atomic mass is 10.3. The molecule has 0 saturated carbocycles. The SMILES string of the molecule is Clc1nc(Nc2ccccc2)cc(N2CCOCC2)n1. The third-order valence-corrected chi connectivity index (χ3v) is 3.24. The first-order valence-electron chi connectivity index (χ1n) is 6.50. The molecular weight excluding hydrogens is 276 g/mol. The fraction of sp³-hybridized carbons (Fsp3) is 0.286. The Hall–Kier alpha value is -1.85. The van der Waals surface area contributed by atoms with Crippen LogP contribution in [0.25, 0.3) is 0 Å². The van der Waals surface area contributed by atoms with Gasteiger partial charge in [-0.25, -0.2) is 9.97 Å². The highest BCUT2D eigenvalue weighted by molar-refractivity contribution is 6.28. The van der Waals surface area contributed by atoms with Gasteiger partial charge in [-0.1, -0.05) is 18.2 Å². The molecule has 2 aromatic rings. The molecule has 0 amide bonds. The number of rotatable bonds is 3. The van der Waals surface area contributed by atoms with Crippen LogP contribution >= 0.6 is 11.6 Å². The molecule has 1 fully saturated rings. The molecular formula is C14H15ClN4O. The van der Waals surface area contributed by atoms with Gasteiger partial charge in [0.05, 0.1) is 13.2 Å². The van der Waals surface area contributed by atoms with E-state index in [1.54, 1.807) is 0 Å². The molecule has 1 aliphatic rings. The molecule has 6 heteroatoms. The number of nitrogens with one attached hydrogen (secondary N) is 1. The third kappa shape index (κ3) is 3.18. The number of morpholine rings is 1. The molecule has 0 aliphatic carbocycles. The van der Waals surface area contributed by atoms with Crippen LogP contribution in [-0.2, 0) is 4.74 Å². The highest BCUT2D eigenvalue weighted by Crippen LogP contribution is 2.22. The van der Waals surface area contributed by atoms with Gasteiger partial charge in [0.1, 0.15) is 11.6 Å². The lowest BCUT2D eigenvalue weighted by molar-refractivity contribution is 0.122. The predicted octanol–water partition coefficient (Wildman–Crippen LogP) is 2.71. The maximum Gasteiger partial charge on any atom is 0.226 e. The molecule has 1 aromatic heterocycles. The Balaban J connectivity index is 1.82. The quantitative estimate of drug-likeness (QED) is 0.881. The molecule has 0 unspecified atom stereocenters. The van der Waals surface area contributed by atoms with Crippen molar-refractivity contribution in [3.8, 4) is 0 Å². The van der Waals surface area contributed by atoms with Gasteiger partial charge in [0.25, 0.3) is 0 Å². The van der Waals surface area contributed by atoms with Crippen molar-refractivity contribution in [2.75, 3.05) is 36.5 Å². The summed E-state index contributed by atoms with van der Waals surface area (Å²) in [5, 5.41) is 3.47. The summed E-state index contributed by atoms with van der Waals surface area (Å²) in [5.41, 5.74) is 0.968. The number of hydrogen-bond donors (Lipinski definition) is 1. The number of benzene rings is 1. The third-order valence-electron chi connectivity index (χ3n) is 3.07. The molecule has 0 atom stereocenters. The molecule has 0 radical (unpaired) electrons. The van der Waals surface area contributed by atoms with Crippen molar-refractivity contribution in [1.82, 2.24) is 9.97 Å². The van der Waals surface area contributed by atoms with Crippen molar-refractivity contribution < 1.29 is 4.74 Å². The summed E-state index contributed by atoms with van der Waals surface area (Å²) in [4.78, 5) is 10.6. The highest BCUT2D eigenvalue weighted by atomic mass is 35.5. The number of aromatic nitrogens is 2. The van der Waals surface area contributed by atoms with Gasteiger partial charge in [0, 0.05) is 24.8 Å². The topological polar surface area (TPSA) is 50.3 Å². The van der Waals surface area contributed by atoms with E-state index in [0.29, 0.717) is 19.0 Å². The lowest BCUT2D eigenvalue weighted by Crippen LogP contribution is -2.36. The second-order valence-electron chi connectivity index (χ2n) is 4.47. The Kier molecular flexibility index (Phi) is 3.99. The largest absolute Gasteiger partial charge is 0.378 e. The van der Waals surface area contributed by atoms with Crippen LogP contribution < -0.4 is 10.2 Å². The Morgan fingerprint density at radius 1 is 1.10 bits per heavy atom. The van der Waals surface area contributed by atoms with Crippen molar-refractivity contribution in [2.45, 2.75) is 0 Å². The maximum atomic E-state index is 6.02. The van der Waals surface area contributed by atoms with Gasteiger partial charge in [-0.05, 0) is 23.7 Å². The smallest absolute Gasteiger partial charge is 0.226 e. The molecule has 2 heterocycles. The second kappa shape index (κ2) is 6.07. The second-order valence-corrected chi connectivity index (χ2v) is 4.81. The van der Waals surface area contributed by atoms with E-state index in [9.17, 15) is 0 Å². The Morgan fingerprint density at radius 3 is 2.60 bits per heavy atom. The number of para-hydroxylation sites is 1. The summed E-state index contributed by atoms with van der Waals surface area (Å²) < 4.78 is 5.34. The van der Waals surface area contributed by atoms with Gasteiger partial charge >= 0.3 is 0 Å². The Labute approximate surface area is 122 Å². The fourth-order valence-electron chi connectivity index (χ4n) is 2.09. The summed E-state index contributed by atoms with van der Waals surface area (Å²) in [6.45, 7) is 3.06. The summed E-state index contributed by atoms with van der Waals surface area (Å²) >= 11 is 6.02. The molecule has 104 valence electrons. The van der Waals surface area contributed by atoms with Gasteiger partial charge in [0.15, 0.2) is 0 Å². The first-order chi connectivity index (χ1) is 9.81. The molecule has 1 saturated heterocycles. The first-order valence-corrected chi connectivity index (χ1v) is 6.88. The number of anilines is 3. The number of hydrogen-bond acceptors (Lipinski definition) is 5. The van der Waals surface area contributed by atoms with Crippen LogP contribution in [0, 0.1) is 0 Å². The van der Waals surface area contributed by atoms with Crippen LogP contribution in [0.3, 0.4) is 0 Å². The fourth-order valence-corrected chi connectivity index (χ4v) is 2.27. The average molecular weight is 291 g/mol. The molecule has 0 spiro atoms. The molecule has 0 bridgehead atoms. The standard InChI is InChI=1S/C14H15ClN4O/c15-14-17-12(16-11-4-2-1-3-5-11)10-13(18-14)19-6-8-20-9-7-19/h1-5,10H,6-9H2,(H,16,17,18). The van der Waals surface area contributed by atoms with E-state index in [2.05, 4.69) is 20.2 Å². The molecule has 1 aliphatic heterocycles. The predicted molar refractivity (Wildman–Crippen MR) is 79.8 cm³/mol. The maximum absolute atomic E-state index is 6.02. The van der Waals surface area contributed by atoms with E-state index >= 15 is 0 Å². The van der Waals surface area contributed by atoms with Crippen molar-refractivity contribution in [2.24, 2.45) is 0 Å². The van der Waals surface area contributed by atoms with E-state index in [4.69, 9.17) is 16.3 Å². The van der Waals surface area contributed by atoms with Crippen LogP contribution in [0.2, 0.25) is 5.28 Å². The van der Waals surface area contributed by atoms with E-state index in [-0.39, 0.29) is 5.28 Å². The zero-order valence-electron chi connectivity index (χ0n) is 10.9. The summed E-state index contributed by atoms with van der Waals surface area (Å²) in [5.74, 6) is 1.52. The van der Waals surface area contributed by atoms with Gasteiger partial charge in [-0.15, -0.1) is 0 Å². The van der Waals surface area contributed by atoms with Crippen molar-refractivity contribution in [3.05, 3.63) is 41.7 Å². The minimum atomic E-state index is 0.243. The van der Waals surface area contributed by atoms with Crippen LogP contribution in [0.4, 0.5) is 17.3 Å². The van der Waals surface area contributed by atoms with Gasteiger partial charge in [-0.3, -0.25) is 0 Å². The Bertz CT molecular complexity index is 573. The molecule has 3 rings (SSSR count). The average Bonchev–Trinajstić information content (AvgIpc) is 2.49. The van der Waals surface area contributed by atoms with E-state index in [1.165, 1.54) is 0 Å². The number of ether oxygens (including phenoxy) is 1. The normalized spacial score (nSPS) is 15.2. The summed E-state index contributed by atoms with van der Waals surface area (Å²) in [6, 6.07) is 11.8. The lowest BCUT2D eigenvalue weighted by Gasteiger charge is -2.28. The van der Waals surface area contributed by atoms with Gasteiger partial charge < -0.3 is 15.0 Å². The van der Waals surface area contributed by atoms with Crippen LogP contribution in [0.15, 0.2) is 36.4 Å². The Morgan fingerprint density at radius 2 is 1.85 bits per heavy atom. The van der Waals surface area contributed by atoms with Crippen LogP contribution in [-0.4, -0.2) is 36.3 Å². The minimum absolute atomic E-state index is 0.243. The summed E-state index contributed by atoms with van der Waals surface area (Å²) in [6.07, 6.45) is 0. The zero-order valence-corrected chi connectivity index (χ0v) is 11.7. The van der Waals surface area contributed by atoms with Gasteiger partial charge in [0.2, 0.25) is 5.28 Å². The van der Waals surface area contributed by atoms with Crippen LogP contribution in [0.5, 0.6) is 0 Å². The molecule has 20 heavy (non-hydrogen) atoms. The number of nitrogens with zero attached hydrogens (tertiary/aromatic N) is 3. The van der Waals surface area contributed by atoms with Gasteiger partial charge in [-0.2, -0.15) is 0 Å². The van der Waals surface area contributed by atoms with E-state index < -0.39 is 0 Å². The zero-order chi connectivity index (χ0) is 13.8. The molecule has 1 N–H and O–H groups in total. The van der Waals surface area contributed by atoms with Crippen molar-refractivity contribution in [1.29, 1.82) is 0 Å². The molecule has 5 nitrogen and oxygen atoms in total. The van der Waals surface area contributed by atoms with Crippen molar-refractivity contribution in [3.63, 3.8) is 0 Å². The molecule has 1 aromatic carbocycles. The number of halogens is 1. The van der Waals surface area contributed by atoms with Crippen molar-refractivity contribution >= 4 is 28.9 Å². The van der Waals surface area contributed by atoms with E-state index in [1.807, 2.05) is 36.4 Å². The summed E-state index contributed by atoms with van der Waals surface area (Å²) in [7, 11) is 0. The van der Waals surface area contributed by atoms with E-state index in [0.717, 1.165) is 24.6 Å². The first kappa shape index (κ1) is 13.1. The van der Waals surface area contributed by atoms with Crippen LogP contribution in [0.1, 0.15) is 0 Å².